The molecule has 0 aliphatic rings. The topological polar surface area (TPSA) is 80.4 Å². The van der Waals surface area contributed by atoms with Gasteiger partial charge in [-0.2, -0.15) is 0 Å². The van der Waals surface area contributed by atoms with Crippen molar-refractivity contribution >= 4 is 43.1 Å². The van der Waals surface area contributed by atoms with Gasteiger partial charge < -0.3 is 10.8 Å². The van der Waals surface area contributed by atoms with E-state index in [0.717, 1.165) is 6.26 Å². The van der Waals surface area contributed by atoms with Crippen molar-refractivity contribution in [2.75, 3.05) is 12.0 Å². The molecule has 0 saturated carbocycles. The van der Waals surface area contributed by atoms with Gasteiger partial charge in [0.2, 0.25) is 3.12 Å². The lowest BCUT2D eigenvalue weighted by atomic mass is 10.1. The summed E-state index contributed by atoms with van der Waals surface area (Å²) in [4.78, 5) is 0. The van der Waals surface area contributed by atoms with Crippen molar-refractivity contribution in [3.63, 3.8) is 0 Å². The third kappa shape index (κ3) is 2.68. The SMILES string of the molecule is CS(=O)(=O)C(Cl)(Br)C(O)c1cccc(N)c1. The van der Waals surface area contributed by atoms with Gasteiger partial charge in [-0.1, -0.05) is 23.7 Å². The third-order valence-corrected chi connectivity index (χ3v) is 6.50. The van der Waals surface area contributed by atoms with Gasteiger partial charge in [0.15, 0.2) is 9.84 Å². The highest BCUT2D eigenvalue weighted by atomic mass is 79.9. The molecule has 0 amide bonds. The van der Waals surface area contributed by atoms with Gasteiger partial charge in [-0.3, -0.25) is 0 Å². The van der Waals surface area contributed by atoms with Crippen LogP contribution < -0.4 is 5.73 Å². The molecule has 0 radical (unpaired) electrons. The Kier molecular flexibility index (Phi) is 3.89. The highest BCUT2D eigenvalue weighted by Crippen LogP contribution is 2.42. The standard InChI is InChI=1S/C9H11BrClNO3S/c1-16(14,15)9(10,11)8(13)6-3-2-4-7(12)5-6/h2-5,8,13H,12H2,1H3. The Bertz CT molecular complexity index is 489. The summed E-state index contributed by atoms with van der Waals surface area (Å²) in [6, 6.07) is 6.25. The Morgan fingerprint density at radius 3 is 2.56 bits per heavy atom. The predicted molar refractivity (Wildman–Crippen MR) is 68.2 cm³/mol. The summed E-state index contributed by atoms with van der Waals surface area (Å²) in [7, 11) is -3.67. The molecule has 1 aromatic rings. The van der Waals surface area contributed by atoms with Crippen LogP contribution in [0.5, 0.6) is 0 Å². The van der Waals surface area contributed by atoms with Gasteiger partial charge in [-0.15, -0.1) is 0 Å². The highest BCUT2D eigenvalue weighted by molar-refractivity contribution is 9.12. The minimum Gasteiger partial charge on any atom is -0.399 e. The van der Waals surface area contributed by atoms with Crippen LogP contribution in [0.15, 0.2) is 24.3 Å². The average Bonchev–Trinajstić information content (AvgIpc) is 2.14. The quantitative estimate of drug-likeness (QED) is 0.653. The summed E-state index contributed by atoms with van der Waals surface area (Å²) in [5, 5.41) is 9.89. The van der Waals surface area contributed by atoms with Crippen LogP contribution in [0.3, 0.4) is 0 Å². The van der Waals surface area contributed by atoms with Crippen molar-refractivity contribution in [3.05, 3.63) is 29.8 Å². The largest absolute Gasteiger partial charge is 0.399 e. The summed E-state index contributed by atoms with van der Waals surface area (Å²) in [6.45, 7) is 0. The van der Waals surface area contributed by atoms with E-state index in [9.17, 15) is 13.5 Å². The number of sulfone groups is 1. The van der Waals surface area contributed by atoms with Gasteiger partial charge in [-0.25, -0.2) is 8.42 Å². The zero-order valence-corrected chi connectivity index (χ0v) is 11.6. The van der Waals surface area contributed by atoms with Crippen molar-refractivity contribution < 1.29 is 13.5 Å². The first-order valence-electron chi connectivity index (χ1n) is 4.27. The molecule has 0 aliphatic carbocycles. The van der Waals surface area contributed by atoms with Crippen molar-refractivity contribution in [1.29, 1.82) is 0 Å². The molecule has 90 valence electrons. The van der Waals surface area contributed by atoms with Crippen LogP contribution in [-0.4, -0.2) is 22.9 Å². The minimum absolute atomic E-state index is 0.331. The maximum atomic E-state index is 11.4. The van der Waals surface area contributed by atoms with Crippen LogP contribution in [0.2, 0.25) is 0 Å². The lowest BCUT2D eigenvalue weighted by Crippen LogP contribution is -2.32. The highest BCUT2D eigenvalue weighted by Gasteiger charge is 2.44. The molecule has 0 fully saturated rings. The molecule has 0 spiro atoms. The summed E-state index contributed by atoms with van der Waals surface area (Å²) in [6.07, 6.45) is -0.475. The molecule has 3 N–H and O–H groups in total. The number of anilines is 1. The molecule has 1 rings (SSSR count). The molecule has 0 aliphatic heterocycles. The molecule has 0 heterocycles. The second kappa shape index (κ2) is 4.52. The maximum absolute atomic E-state index is 11.4. The van der Waals surface area contributed by atoms with Crippen molar-refractivity contribution in [2.24, 2.45) is 0 Å². The number of hydrogen-bond donors (Lipinski definition) is 2. The van der Waals surface area contributed by atoms with Crippen LogP contribution in [0.4, 0.5) is 5.69 Å². The average molecular weight is 329 g/mol. The number of hydrogen-bond acceptors (Lipinski definition) is 4. The first kappa shape index (κ1) is 13.8. The van der Waals surface area contributed by atoms with E-state index in [4.69, 9.17) is 17.3 Å². The molecule has 2 atom stereocenters. The number of rotatable bonds is 3. The van der Waals surface area contributed by atoms with Crippen molar-refractivity contribution in [1.82, 2.24) is 0 Å². The Balaban J connectivity index is 3.17. The summed E-state index contributed by atoms with van der Waals surface area (Å²) < 4.78 is 20.8. The summed E-state index contributed by atoms with van der Waals surface area (Å²) in [5.74, 6) is 0. The molecule has 1 aromatic carbocycles. The number of halogens is 2. The van der Waals surface area contributed by atoms with Gasteiger partial charge in [0.1, 0.15) is 6.10 Å². The van der Waals surface area contributed by atoms with Gasteiger partial charge in [0.05, 0.1) is 0 Å². The normalized spacial score (nSPS) is 17.8. The molecule has 7 heteroatoms. The fraction of sp³-hybridized carbons (Fsp3) is 0.333. The molecule has 2 unspecified atom stereocenters. The van der Waals surface area contributed by atoms with E-state index in [2.05, 4.69) is 15.9 Å². The van der Waals surface area contributed by atoms with E-state index in [-0.39, 0.29) is 0 Å². The van der Waals surface area contributed by atoms with Crippen LogP contribution in [-0.2, 0) is 9.84 Å². The van der Waals surface area contributed by atoms with E-state index in [1.807, 2.05) is 0 Å². The van der Waals surface area contributed by atoms with E-state index < -0.39 is 19.1 Å². The number of aliphatic hydroxyl groups excluding tert-OH is 1. The first-order valence-corrected chi connectivity index (χ1v) is 7.33. The predicted octanol–water partition coefficient (Wildman–Crippen LogP) is 1.63. The van der Waals surface area contributed by atoms with E-state index in [1.165, 1.54) is 6.07 Å². The Hall–Kier alpha value is -0.300. The van der Waals surface area contributed by atoms with Gasteiger partial charge >= 0.3 is 0 Å². The zero-order chi connectivity index (χ0) is 12.6. The molecule has 0 aromatic heterocycles. The molecular formula is C9H11BrClNO3S. The second-order valence-corrected chi connectivity index (χ2v) is 8.65. The third-order valence-electron chi connectivity index (χ3n) is 2.04. The number of benzene rings is 1. The Morgan fingerprint density at radius 1 is 1.56 bits per heavy atom. The van der Waals surface area contributed by atoms with Crippen molar-refractivity contribution in [3.8, 4) is 0 Å². The minimum atomic E-state index is -3.67. The summed E-state index contributed by atoms with van der Waals surface area (Å²) >= 11 is 8.60. The number of nitrogen functional groups attached to an aromatic ring is 1. The zero-order valence-electron chi connectivity index (χ0n) is 8.39. The Morgan fingerprint density at radius 2 is 2.12 bits per heavy atom. The molecule has 4 nitrogen and oxygen atoms in total. The van der Waals surface area contributed by atoms with Crippen LogP contribution >= 0.6 is 27.5 Å². The molecule has 0 saturated heterocycles. The van der Waals surface area contributed by atoms with Crippen LogP contribution in [0.25, 0.3) is 0 Å². The molecular weight excluding hydrogens is 318 g/mol. The van der Waals surface area contributed by atoms with Gasteiger partial charge in [0.25, 0.3) is 0 Å². The summed E-state index contributed by atoms with van der Waals surface area (Å²) in [5.41, 5.74) is 6.28. The number of nitrogens with two attached hydrogens (primary N) is 1. The van der Waals surface area contributed by atoms with E-state index in [1.54, 1.807) is 18.2 Å². The lowest BCUT2D eigenvalue weighted by molar-refractivity contribution is 0.185. The van der Waals surface area contributed by atoms with E-state index in [0.29, 0.717) is 11.3 Å². The van der Waals surface area contributed by atoms with Crippen LogP contribution in [0, 0.1) is 0 Å². The molecule has 16 heavy (non-hydrogen) atoms. The fourth-order valence-corrected chi connectivity index (χ4v) is 2.06. The van der Waals surface area contributed by atoms with Crippen molar-refractivity contribution in [2.45, 2.75) is 9.22 Å². The van der Waals surface area contributed by atoms with E-state index >= 15 is 0 Å². The lowest BCUT2D eigenvalue weighted by Gasteiger charge is -2.24. The first-order chi connectivity index (χ1) is 7.16. The fourth-order valence-electron chi connectivity index (χ4n) is 1.13. The Labute approximate surface area is 107 Å². The smallest absolute Gasteiger partial charge is 0.228 e. The molecule has 0 bridgehead atoms. The monoisotopic (exact) mass is 327 g/mol. The van der Waals surface area contributed by atoms with Crippen LogP contribution in [0.1, 0.15) is 11.7 Å². The van der Waals surface area contributed by atoms with Gasteiger partial charge in [-0.05, 0) is 33.6 Å². The number of alkyl halides is 2. The maximum Gasteiger partial charge on any atom is 0.228 e. The van der Waals surface area contributed by atoms with Gasteiger partial charge in [0, 0.05) is 11.9 Å². The second-order valence-electron chi connectivity index (χ2n) is 3.41. The number of aliphatic hydroxyl groups is 1.